The molecule has 0 aliphatic carbocycles. The van der Waals surface area contributed by atoms with E-state index in [2.05, 4.69) is 0 Å². The summed E-state index contributed by atoms with van der Waals surface area (Å²) >= 11 is 0. The molecule has 14 heavy (non-hydrogen) atoms. The minimum atomic E-state index is 0.122. The van der Waals surface area contributed by atoms with Gasteiger partial charge < -0.3 is 5.73 Å². The van der Waals surface area contributed by atoms with Crippen molar-refractivity contribution in [3.63, 3.8) is 0 Å². The molecular formula is C12H15NO. The Morgan fingerprint density at radius 3 is 2.57 bits per heavy atom. The van der Waals surface area contributed by atoms with Crippen LogP contribution in [0.5, 0.6) is 0 Å². The van der Waals surface area contributed by atoms with E-state index in [0.29, 0.717) is 13.0 Å². The lowest BCUT2D eigenvalue weighted by Crippen LogP contribution is -2.08. The molecule has 1 aromatic carbocycles. The highest BCUT2D eigenvalue weighted by atomic mass is 16.1. The molecule has 2 N–H and O–H groups in total. The van der Waals surface area contributed by atoms with Crippen molar-refractivity contribution in [2.45, 2.75) is 13.3 Å². The van der Waals surface area contributed by atoms with E-state index in [0.717, 1.165) is 11.1 Å². The second kappa shape index (κ2) is 5.35. The summed E-state index contributed by atoms with van der Waals surface area (Å²) < 4.78 is 0. The fraction of sp³-hybridized carbons (Fsp3) is 0.250. The fourth-order valence-corrected chi connectivity index (χ4v) is 1.21. The van der Waals surface area contributed by atoms with Crippen LogP contribution < -0.4 is 5.73 Å². The molecule has 0 aliphatic rings. The Morgan fingerprint density at radius 2 is 2.00 bits per heavy atom. The molecule has 1 rings (SSSR count). The second-order valence-electron chi connectivity index (χ2n) is 3.20. The second-order valence-corrected chi connectivity index (χ2v) is 3.20. The molecular weight excluding hydrogens is 174 g/mol. The molecule has 0 fully saturated rings. The molecule has 0 aliphatic heterocycles. The maximum absolute atomic E-state index is 11.4. The van der Waals surface area contributed by atoms with E-state index >= 15 is 0 Å². The highest BCUT2D eigenvalue weighted by Crippen LogP contribution is 2.07. The van der Waals surface area contributed by atoms with Gasteiger partial charge in [-0.25, -0.2) is 0 Å². The molecule has 0 atom stereocenters. The Bertz CT molecular complexity index is 327. The van der Waals surface area contributed by atoms with Gasteiger partial charge in [-0.15, -0.1) is 0 Å². The first-order chi connectivity index (χ1) is 6.74. The number of carbonyl (C=O) groups is 1. The van der Waals surface area contributed by atoms with Gasteiger partial charge in [0.25, 0.3) is 0 Å². The van der Waals surface area contributed by atoms with Crippen LogP contribution in [0, 0.1) is 0 Å². The molecule has 0 radical (unpaired) electrons. The average Bonchev–Trinajstić information content (AvgIpc) is 2.19. The third-order valence-electron chi connectivity index (χ3n) is 1.99. The van der Waals surface area contributed by atoms with Crippen LogP contribution in [0.1, 0.15) is 18.9 Å². The molecule has 2 heteroatoms. The van der Waals surface area contributed by atoms with E-state index < -0.39 is 0 Å². The summed E-state index contributed by atoms with van der Waals surface area (Å²) in [4.78, 5) is 11.4. The molecule has 0 bridgehead atoms. The average molecular weight is 189 g/mol. The van der Waals surface area contributed by atoms with Crippen LogP contribution in [0.3, 0.4) is 0 Å². The molecule has 0 saturated carbocycles. The zero-order valence-corrected chi connectivity index (χ0v) is 8.36. The molecule has 0 saturated heterocycles. The Balaban J connectivity index is 2.74. The quantitative estimate of drug-likeness (QED) is 0.736. The van der Waals surface area contributed by atoms with Crippen LogP contribution in [0.25, 0.3) is 6.08 Å². The number of hydrogen-bond acceptors (Lipinski definition) is 2. The van der Waals surface area contributed by atoms with Crippen molar-refractivity contribution in [2.75, 3.05) is 6.54 Å². The normalized spacial score (nSPS) is 11.4. The van der Waals surface area contributed by atoms with Gasteiger partial charge in [0.2, 0.25) is 0 Å². The van der Waals surface area contributed by atoms with Gasteiger partial charge >= 0.3 is 0 Å². The number of hydrogen-bond donors (Lipinski definition) is 1. The van der Waals surface area contributed by atoms with E-state index in [1.54, 1.807) is 0 Å². The van der Waals surface area contributed by atoms with Gasteiger partial charge in [0.15, 0.2) is 5.78 Å². The Labute approximate surface area is 84.4 Å². The van der Waals surface area contributed by atoms with Crippen LogP contribution in [-0.4, -0.2) is 12.3 Å². The van der Waals surface area contributed by atoms with Crippen molar-refractivity contribution in [2.24, 2.45) is 5.73 Å². The number of nitrogens with two attached hydrogens (primary N) is 1. The number of allylic oxidation sites excluding steroid dienone is 1. The third-order valence-corrected chi connectivity index (χ3v) is 1.99. The van der Waals surface area contributed by atoms with Crippen LogP contribution in [0.2, 0.25) is 0 Å². The highest BCUT2D eigenvalue weighted by Gasteiger charge is 2.02. The van der Waals surface area contributed by atoms with E-state index in [9.17, 15) is 4.79 Å². The van der Waals surface area contributed by atoms with E-state index in [-0.39, 0.29) is 5.78 Å². The number of rotatable bonds is 4. The first kappa shape index (κ1) is 10.7. The van der Waals surface area contributed by atoms with Gasteiger partial charge in [0.05, 0.1) is 0 Å². The standard InChI is InChI=1S/C12H15NO/c1-10(12(14)7-8-13)9-11-5-3-2-4-6-11/h2-6,9H,7-8,13H2,1H3/b10-9+. The zero-order chi connectivity index (χ0) is 10.4. The Hall–Kier alpha value is -1.41. The highest BCUT2D eigenvalue weighted by molar-refractivity contribution is 5.98. The lowest BCUT2D eigenvalue weighted by atomic mass is 10.1. The van der Waals surface area contributed by atoms with E-state index in [1.807, 2.05) is 43.3 Å². The van der Waals surface area contributed by atoms with Crippen LogP contribution in [-0.2, 0) is 4.79 Å². The summed E-state index contributed by atoms with van der Waals surface area (Å²) in [7, 11) is 0. The zero-order valence-electron chi connectivity index (χ0n) is 8.36. The lowest BCUT2D eigenvalue weighted by Gasteiger charge is -1.98. The minimum Gasteiger partial charge on any atom is -0.330 e. The summed E-state index contributed by atoms with van der Waals surface area (Å²) in [6.45, 7) is 2.24. The Kier molecular flexibility index (Phi) is 4.08. The Morgan fingerprint density at radius 1 is 1.36 bits per heavy atom. The fourth-order valence-electron chi connectivity index (χ4n) is 1.21. The van der Waals surface area contributed by atoms with Gasteiger partial charge in [-0.2, -0.15) is 0 Å². The lowest BCUT2D eigenvalue weighted by molar-refractivity contribution is -0.115. The van der Waals surface area contributed by atoms with Gasteiger partial charge in [0, 0.05) is 6.42 Å². The van der Waals surface area contributed by atoms with Gasteiger partial charge in [0.1, 0.15) is 0 Å². The molecule has 1 aromatic rings. The summed E-state index contributed by atoms with van der Waals surface area (Å²) in [6.07, 6.45) is 2.31. The smallest absolute Gasteiger partial charge is 0.159 e. The van der Waals surface area contributed by atoms with Crippen molar-refractivity contribution in [1.82, 2.24) is 0 Å². The maximum atomic E-state index is 11.4. The molecule has 0 unspecified atom stereocenters. The van der Waals surface area contributed by atoms with E-state index in [4.69, 9.17) is 5.73 Å². The first-order valence-corrected chi connectivity index (χ1v) is 4.70. The summed E-state index contributed by atoms with van der Waals surface area (Å²) in [5.41, 5.74) is 7.13. The van der Waals surface area contributed by atoms with Crippen LogP contribution >= 0.6 is 0 Å². The maximum Gasteiger partial charge on any atom is 0.159 e. The predicted molar refractivity (Wildman–Crippen MR) is 58.8 cm³/mol. The number of ketones is 1. The minimum absolute atomic E-state index is 0.122. The van der Waals surface area contributed by atoms with Gasteiger partial charge in [-0.3, -0.25) is 4.79 Å². The monoisotopic (exact) mass is 189 g/mol. The van der Waals surface area contributed by atoms with Crippen LogP contribution in [0.4, 0.5) is 0 Å². The number of benzene rings is 1. The summed E-state index contributed by atoms with van der Waals surface area (Å²) in [5, 5.41) is 0. The summed E-state index contributed by atoms with van der Waals surface area (Å²) in [5.74, 6) is 0.122. The molecule has 0 spiro atoms. The van der Waals surface area contributed by atoms with Gasteiger partial charge in [-0.05, 0) is 30.7 Å². The largest absolute Gasteiger partial charge is 0.330 e. The molecule has 0 amide bonds. The van der Waals surface area contributed by atoms with Crippen molar-refractivity contribution < 1.29 is 4.79 Å². The molecule has 2 nitrogen and oxygen atoms in total. The van der Waals surface area contributed by atoms with Crippen molar-refractivity contribution in [3.8, 4) is 0 Å². The van der Waals surface area contributed by atoms with E-state index in [1.165, 1.54) is 0 Å². The SMILES string of the molecule is C/C(=C\c1ccccc1)C(=O)CCN. The van der Waals surface area contributed by atoms with Crippen molar-refractivity contribution in [3.05, 3.63) is 41.5 Å². The number of Topliss-reactive ketones (excluding diaryl/α,β-unsaturated/α-hetero) is 1. The topological polar surface area (TPSA) is 43.1 Å². The van der Waals surface area contributed by atoms with Crippen molar-refractivity contribution in [1.29, 1.82) is 0 Å². The molecule has 0 aromatic heterocycles. The summed E-state index contributed by atoms with van der Waals surface area (Å²) in [6, 6.07) is 9.80. The van der Waals surface area contributed by atoms with Gasteiger partial charge in [-0.1, -0.05) is 30.3 Å². The molecule has 0 heterocycles. The third kappa shape index (κ3) is 3.15. The van der Waals surface area contributed by atoms with Crippen LogP contribution in [0.15, 0.2) is 35.9 Å². The first-order valence-electron chi connectivity index (χ1n) is 4.70. The predicted octanol–water partition coefficient (Wildman–Crippen LogP) is 2.01. The number of carbonyl (C=O) groups excluding carboxylic acids is 1. The van der Waals surface area contributed by atoms with Crippen molar-refractivity contribution >= 4 is 11.9 Å². The molecule has 74 valence electrons.